The number of carbonyl (C=O) groups excluding carboxylic acids is 1. The van der Waals surface area contributed by atoms with Crippen LogP contribution in [-0.4, -0.2) is 24.1 Å². The van der Waals surface area contributed by atoms with Gasteiger partial charge in [0, 0.05) is 13.1 Å². The van der Waals surface area contributed by atoms with Crippen LogP contribution in [-0.2, 0) is 11.3 Å². The molecule has 1 aliphatic heterocycles. The van der Waals surface area contributed by atoms with Gasteiger partial charge in [-0.25, -0.2) is 4.79 Å². The van der Waals surface area contributed by atoms with Gasteiger partial charge in [-0.1, -0.05) is 72.3 Å². The van der Waals surface area contributed by atoms with Crippen LogP contribution in [0.2, 0.25) is 0 Å². The molecule has 2 aromatic rings. The van der Waals surface area contributed by atoms with E-state index in [1.165, 1.54) is 11.1 Å². The van der Waals surface area contributed by atoms with E-state index in [1.54, 1.807) is 0 Å². The summed E-state index contributed by atoms with van der Waals surface area (Å²) in [5.41, 5.74) is 3.82. The maximum atomic E-state index is 12.3. The fourth-order valence-electron chi connectivity index (χ4n) is 4.02. The van der Waals surface area contributed by atoms with Crippen molar-refractivity contribution in [1.82, 2.24) is 4.90 Å². The minimum atomic E-state index is -0.174. The molecular formula is C22H23NO2. The molecule has 0 unspecified atom stereocenters. The van der Waals surface area contributed by atoms with E-state index in [4.69, 9.17) is 4.74 Å². The second-order valence-corrected chi connectivity index (χ2v) is 7.09. The van der Waals surface area contributed by atoms with Crippen molar-refractivity contribution in [3.63, 3.8) is 0 Å². The summed E-state index contributed by atoms with van der Waals surface area (Å²) < 4.78 is 5.47. The number of amides is 1. The molecule has 3 nitrogen and oxygen atoms in total. The monoisotopic (exact) mass is 333 g/mol. The molecule has 4 rings (SSSR count). The molecule has 0 N–H and O–H groups in total. The molecule has 2 aromatic carbocycles. The van der Waals surface area contributed by atoms with Crippen LogP contribution in [0.15, 0.2) is 66.2 Å². The smallest absolute Gasteiger partial charge is 0.410 e. The summed E-state index contributed by atoms with van der Waals surface area (Å²) >= 11 is 0. The van der Waals surface area contributed by atoms with Crippen LogP contribution in [0.25, 0.3) is 6.08 Å². The number of allylic oxidation sites excluding steroid dienone is 1. The van der Waals surface area contributed by atoms with E-state index in [0.29, 0.717) is 18.4 Å². The van der Waals surface area contributed by atoms with E-state index < -0.39 is 0 Å². The molecule has 2 aliphatic rings. The third kappa shape index (κ3) is 3.76. The first-order valence-electron chi connectivity index (χ1n) is 8.98. The highest BCUT2D eigenvalue weighted by atomic mass is 16.6. The number of fused-ring (bicyclic) bond motifs is 1. The summed E-state index contributed by atoms with van der Waals surface area (Å²) in [7, 11) is 0. The molecule has 0 spiro atoms. The minimum absolute atomic E-state index is 0.174. The van der Waals surface area contributed by atoms with E-state index in [1.807, 2.05) is 41.3 Å². The van der Waals surface area contributed by atoms with Gasteiger partial charge in [-0.15, -0.1) is 0 Å². The lowest BCUT2D eigenvalue weighted by Crippen LogP contribution is -2.30. The molecule has 0 aromatic heterocycles. The molecule has 1 aliphatic carbocycles. The lowest BCUT2D eigenvalue weighted by atomic mass is 10.0. The zero-order valence-electron chi connectivity index (χ0n) is 14.3. The molecular weight excluding hydrogens is 310 g/mol. The van der Waals surface area contributed by atoms with E-state index in [2.05, 4.69) is 30.3 Å². The minimum Gasteiger partial charge on any atom is -0.445 e. The quantitative estimate of drug-likeness (QED) is 0.811. The lowest BCUT2D eigenvalue weighted by Gasteiger charge is -2.17. The van der Waals surface area contributed by atoms with Gasteiger partial charge >= 0.3 is 6.09 Å². The van der Waals surface area contributed by atoms with Gasteiger partial charge in [-0.3, -0.25) is 0 Å². The fourth-order valence-corrected chi connectivity index (χ4v) is 4.02. The molecule has 1 amide bonds. The highest BCUT2D eigenvalue weighted by Gasteiger charge is 2.40. The molecule has 0 bridgehead atoms. The average Bonchev–Trinajstić information content (AvgIpc) is 3.20. The summed E-state index contributed by atoms with van der Waals surface area (Å²) in [4.78, 5) is 14.2. The van der Waals surface area contributed by atoms with E-state index in [0.717, 1.165) is 31.5 Å². The maximum absolute atomic E-state index is 12.3. The summed E-state index contributed by atoms with van der Waals surface area (Å²) in [6.07, 6.45) is 4.34. The Bertz CT molecular complexity index is 738. The fraction of sp³-hybridized carbons (Fsp3) is 0.318. The number of likely N-dealkylation sites (tertiary alicyclic amines) is 1. The average molecular weight is 333 g/mol. The van der Waals surface area contributed by atoms with Gasteiger partial charge in [0.25, 0.3) is 0 Å². The van der Waals surface area contributed by atoms with Crippen molar-refractivity contribution in [2.45, 2.75) is 19.4 Å². The van der Waals surface area contributed by atoms with Crippen LogP contribution in [0.4, 0.5) is 4.79 Å². The number of nitrogens with zero attached hydrogens (tertiary/aromatic N) is 1. The molecule has 25 heavy (non-hydrogen) atoms. The van der Waals surface area contributed by atoms with Crippen molar-refractivity contribution in [2.24, 2.45) is 11.8 Å². The Morgan fingerprint density at radius 1 is 0.960 bits per heavy atom. The second kappa shape index (κ2) is 7.14. The normalized spacial score (nSPS) is 23.7. The zero-order valence-corrected chi connectivity index (χ0v) is 14.3. The van der Waals surface area contributed by atoms with Crippen LogP contribution in [0, 0.1) is 11.8 Å². The Labute approximate surface area is 148 Å². The summed E-state index contributed by atoms with van der Waals surface area (Å²) in [5, 5.41) is 0. The van der Waals surface area contributed by atoms with Gasteiger partial charge in [0.15, 0.2) is 0 Å². The highest BCUT2D eigenvalue weighted by Crippen LogP contribution is 2.42. The van der Waals surface area contributed by atoms with Crippen LogP contribution in [0.5, 0.6) is 0 Å². The molecule has 2 fully saturated rings. The lowest BCUT2D eigenvalue weighted by molar-refractivity contribution is 0.102. The van der Waals surface area contributed by atoms with Gasteiger partial charge in [0.1, 0.15) is 6.61 Å². The topological polar surface area (TPSA) is 29.5 Å². The number of hydrogen-bond donors (Lipinski definition) is 0. The van der Waals surface area contributed by atoms with Gasteiger partial charge in [-0.05, 0) is 35.8 Å². The molecule has 1 saturated heterocycles. The molecule has 2 atom stereocenters. The molecule has 128 valence electrons. The largest absolute Gasteiger partial charge is 0.445 e. The number of carbonyl (C=O) groups is 1. The van der Waals surface area contributed by atoms with Gasteiger partial charge < -0.3 is 9.64 Å². The Balaban J connectivity index is 1.30. The standard InChI is InChI=1S/C22H23NO2/c24-22(25-16-18-9-5-2-6-10-18)23-14-20-12-19(13-21(20)15-23)11-17-7-3-1-4-8-17/h1-11,20-21H,12-16H2/b19-11-/t20-,21+/m1/s1. The first kappa shape index (κ1) is 15.9. The predicted molar refractivity (Wildman–Crippen MR) is 98.8 cm³/mol. The van der Waals surface area contributed by atoms with Gasteiger partial charge in [-0.2, -0.15) is 0 Å². The van der Waals surface area contributed by atoms with Crippen molar-refractivity contribution in [3.05, 3.63) is 77.4 Å². The van der Waals surface area contributed by atoms with Crippen molar-refractivity contribution in [3.8, 4) is 0 Å². The first-order valence-corrected chi connectivity index (χ1v) is 8.98. The zero-order chi connectivity index (χ0) is 17.1. The Hall–Kier alpha value is -2.55. The van der Waals surface area contributed by atoms with Crippen molar-refractivity contribution in [2.75, 3.05) is 13.1 Å². The van der Waals surface area contributed by atoms with Crippen LogP contribution in [0.3, 0.4) is 0 Å². The number of ether oxygens (including phenoxy) is 1. The van der Waals surface area contributed by atoms with Gasteiger partial charge in [0.2, 0.25) is 0 Å². The third-order valence-corrected chi connectivity index (χ3v) is 5.26. The number of rotatable bonds is 3. The second-order valence-electron chi connectivity index (χ2n) is 7.09. The third-order valence-electron chi connectivity index (χ3n) is 5.26. The van der Waals surface area contributed by atoms with Crippen molar-refractivity contribution < 1.29 is 9.53 Å². The van der Waals surface area contributed by atoms with Gasteiger partial charge in [0.05, 0.1) is 0 Å². The predicted octanol–water partition coefficient (Wildman–Crippen LogP) is 4.75. The summed E-state index contributed by atoms with van der Waals surface area (Å²) in [6, 6.07) is 20.3. The Morgan fingerprint density at radius 2 is 1.56 bits per heavy atom. The van der Waals surface area contributed by atoms with Crippen molar-refractivity contribution in [1.29, 1.82) is 0 Å². The van der Waals surface area contributed by atoms with Crippen LogP contribution < -0.4 is 0 Å². The molecule has 1 saturated carbocycles. The van der Waals surface area contributed by atoms with Crippen LogP contribution in [0.1, 0.15) is 24.0 Å². The molecule has 0 radical (unpaired) electrons. The number of hydrogen-bond acceptors (Lipinski definition) is 2. The van der Waals surface area contributed by atoms with E-state index in [9.17, 15) is 4.79 Å². The Morgan fingerprint density at radius 3 is 2.20 bits per heavy atom. The van der Waals surface area contributed by atoms with Crippen LogP contribution >= 0.6 is 0 Å². The van der Waals surface area contributed by atoms with E-state index >= 15 is 0 Å². The number of benzene rings is 2. The highest BCUT2D eigenvalue weighted by molar-refractivity contribution is 5.68. The van der Waals surface area contributed by atoms with E-state index in [-0.39, 0.29) is 6.09 Å². The first-order chi connectivity index (χ1) is 12.3. The maximum Gasteiger partial charge on any atom is 0.410 e. The summed E-state index contributed by atoms with van der Waals surface area (Å²) in [6.45, 7) is 2.00. The molecule has 3 heteroatoms. The Kier molecular flexibility index (Phi) is 4.55. The molecule has 1 heterocycles. The van der Waals surface area contributed by atoms with Crippen molar-refractivity contribution >= 4 is 12.2 Å². The summed E-state index contributed by atoms with van der Waals surface area (Å²) in [5.74, 6) is 1.17. The SMILES string of the molecule is O=C(OCc1ccccc1)N1C[C@H]2C/C(=C/c3ccccc3)C[C@H]2C1.